The van der Waals surface area contributed by atoms with Gasteiger partial charge in [-0.15, -0.1) is 11.3 Å². The molecule has 130 valence electrons. The third-order valence-electron chi connectivity index (χ3n) is 3.51. The molecule has 0 spiro atoms. The molecule has 26 heavy (non-hydrogen) atoms. The zero-order valence-electron chi connectivity index (χ0n) is 13.5. The first-order chi connectivity index (χ1) is 12.6. The number of nitrogen functional groups attached to an aromatic ring is 1. The number of anilines is 3. The second-order valence-electron chi connectivity index (χ2n) is 5.23. The smallest absolute Gasteiger partial charge is 0.268 e. The van der Waals surface area contributed by atoms with Crippen LogP contribution in [0, 0.1) is 5.82 Å². The average molecular weight is 369 g/mol. The van der Waals surface area contributed by atoms with Crippen LogP contribution >= 0.6 is 11.3 Å². The molecule has 0 radical (unpaired) electrons. The molecule has 0 saturated carbocycles. The summed E-state index contributed by atoms with van der Waals surface area (Å²) >= 11 is 1.47. The van der Waals surface area contributed by atoms with E-state index in [0.29, 0.717) is 11.6 Å². The molecule has 8 nitrogen and oxygen atoms in total. The monoisotopic (exact) mass is 369 g/mol. The van der Waals surface area contributed by atoms with Crippen molar-refractivity contribution in [3.8, 4) is 22.4 Å². The van der Waals surface area contributed by atoms with Crippen LogP contribution < -0.4 is 10.6 Å². The molecule has 2 N–H and O–H groups in total. The van der Waals surface area contributed by atoms with Gasteiger partial charge in [-0.05, 0) is 23.6 Å². The summed E-state index contributed by atoms with van der Waals surface area (Å²) in [7, 11) is 1.63. The number of hydrogen-bond donors (Lipinski definition) is 1. The van der Waals surface area contributed by atoms with Gasteiger partial charge in [-0.1, -0.05) is 23.4 Å². The van der Waals surface area contributed by atoms with Crippen molar-refractivity contribution >= 4 is 28.9 Å². The van der Waals surface area contributed by atoms with Crippen LogP contribution in [0.15, 0.2) is 46.3 Å². The Morgan fingerprint density at radius 1 is 1.04 bits per heavy atom. The first-order valence-electron chi connectivity index (χ1n) is 7.49. The molecule has 0 aliphatic heterocycles. The molecule has 0 aliphatic rings. The SMILES string of the molecule is CN(c1nc(N)nc(-c2noc(-c3cccs3)n2)n1)c1ccccc1F. The van der Waals surface area contributed by atoms with Crippen molar-refractivity contribution in [3.63, 3.8) is 0 Å². The Morgan fingerprint density at radius 2 is 1.88 bits per heavy atom. The van der Waals surface area contributed by atoms with Gasteiger partial charge in [0.2, 0.25) is 23.5 Å². The van der Waals surface area contributed by atoms with Gasteiger partial charge in [0, 0.05) is 7.05 Å². The van der Waals surface area contributed by atoms with Crippen LogP contribution in [0.5, 0.6) is 0 Å². The lowest BCUT2D eigenvalue weighted by molar-refractivity contribution is 0.433. The molecule has 0 saturated heterocycles. The fourth-order valence-corrected chi connectivity index (χ4v) is 2.92. The van der Waals surface area contributed by atoms with Gasteiger partial charge >= 0.3 is 0 Å². The zero-order chi connectivity index (χ0) is 18.1. The van der Waals surface area contributed by atoms with Crippen LogP contribution in [0.4, 0.5) is 22.0 Å². The maximum absolute atomic E-state index is 14.0. The third-order valence-corrected chi connectivity index (χ3v) is 4.37. The molecule has 0 aliphatic carbocycles. The Hall–Kier alpha value is -3.40. The quantitative estimate of drug-likeness (QED) is 0.585. The van der Waals surface area contributed by atoms with Crippen LogP contribution in [-0.4, -0.2) is 32.1 Å². The first kappa shape index (κ1) is 16.1. The predicted molar refractivity (Wildman–Crippen MR) is 95.3 cm³/mol. The molecule has 1 aromatic carbocycles. The molecule has 3 aromatic heterocycles. The number of nitrogens with zero attached hydrogens (tertiary/aromatic N) is 6. The predicted octanol–water partition coefficient (Wildman–Crippen LogP) is 3.14. The molecular formula is C16H12FN7OS. The van der Waals surface area contributed by atoms with Gasteiger partial charge < -0.3 is 15.2 Å². The van der Waals surface area contributed by atoms with Crippen LogP contribution in [0.3, 0.4) is 0 Å². The standard InChI is InChI=1S/C16H12FN7OS/c1-24(10-6-3-2-5-9(10)17)16-21-12(20-15(18)22-16)13-19-14(25-23-13)11-7-4-8-26-11/h2-8H,1H3,(H2,18,20,21,22). The molecular weight excluding hydrogens is 357 g/mol. The van der Waals surface area contributed by atoms with Crippen LogP contribution in [0.1, 0.15) is 0 Å². The van der Waals surface area contributed by atoms with E-state index in [2.05, 4.69) is 25.1 Å². The van der Waals surface area contributed by atoms with Crippen molar-refractivity contribution in [2.45, 2.75) is 0 Å². The van der Waals surface area contributed by atoms with Crippen molar-refractivity contribution in [1.29, 1.82) is 0 Å². The van der Waals surface area contributed by atoms with Crippen molar-refractivity contribution < 1.29 is 8.91 Å². The first-order valence-corrected chi connectivity index (χ1v) is 8.37. The van der Waals surface area contributed by atoms with Crippen molar-refractivity contribution in [2.75, 3.05) is 17.7 Å². The highest BCUT2D eigenvalue weighted by Crippen LogP contribution is 2.27. The third kappa shape index (κ3) is 2.97. The molecule has 0 bridgehead atoms. The minimum atomic E-state index is -0.407. The topological polar surface area (TPSA) is 107 Å². The van der Waals surface area contributed by atoms with E-state index in [1.165, 1.54) is 22.3 Å². The number of halogens is 1. The van der Waals surface area contributed by atoms with E-state index in [0.717, 1.165) is 4.88 Å². The van der Waals surface area contributed by atoms with Gasteiger partial charge in [-0.25, -0.2) is 4.39 Å². The zero-order valence-corrected chi connectivity index (χ0v) is 14.3. The van der Waals surface area contributed by atoms with Gasteiger partial charge in [0.15, 0.2) is 0 Å². The fraction of sp³-hybridized carbons (Fsp3) is 0.0625. The van der Waals surface area contributed by atoms with Gasteiger partial charge in [-0.3, -0.25) is 0 Å². The maximum Gasteiger partial charge on any atom is 0.268 e. The van der Waals surface area contributed by atoms with Crippen molar-refractivity contribution in [1.82, 2.24) is 25.1 Å². The van der Waals surface area contributed by atoms with E-state index in [9.17, 15) is 4.39 Å². The van der Waals surface area contributed by atoms with Gasteiger partial charge in [-0.2, -0.15) is 19.9 Å². The van der Waals surface area contributed by atoms with Gasteiger partial charge in [0.1, 0.15) is 5.82 Å². The maximum atomic E-state index is 14.0. The van der Waals surface area contributed by atoms with Gasteiger partial charge in [0.25, 0.3) is 5.89 Å². The average Bonchev–Trinajstić information content (AvgIpc) is 3.32. The van der Waals surface area contributed by atoms with E-state index in [4.69, 9.17) is 10.3 Å². The Morgan fingerprint density at radius 3 is 2.65 bits per heavy atom. The van der Waals surface area contributed by atoms with Crippen LogP contribution in [0.25, 0.3) is 22.4 Å². The number of hydrogen-bond acceptors (Lipinski definition) is 9. The number of aromatic nitrogens is 5. The summed E-state index contributed by atoms with van der Waals surface area (Å²) in [6.07, 6.45) is 0. The Labute approximate surface area is 151 Å². The molecule has 3 heterocycles. The minimum Gasteiger partial charge on any atom is -0.368 e. The second kappa shape index (κ2) is 6.48. The van der Waals surface area contributed by atoms with E-state index in [1.54, 1.807) is 25.2 Å². The van der Waals surface area contributed by atoms with Crippen molar-refractivity contribution in [3.05, 3.63) is 47.6 Å². The lowest BCUT2D eigenvalue weighted by Crippen LogP contribution is -2.16. The largest absolute Gasteiger partial charge is 0.368 e. The molecule has 0 atom stereocenters. The van der Waals surface area contributed by atoms with Crippen molar-refractivity contribution in [2.24, 2.45) is 0 Å². The lowest BCUT2D eigenvalue weighted by Gasteiger charge is -2.17. The van der Waals surface area contributed by atoms with E-state index in [1.807, 2.05) is 17.5 Å². The highest BCUT2D eigenvalue weighted by atomic mass is 32.1. The molecule has 0 unspecified atom stereocenters. The molecule has 4 rings (SSSR count). The van der Waals surface area contributed by atoms with E-state index >= 15 is 0 Å². The van der Waals surface area contributed by atoms with E-state index < -0.39 is 5.82 Å². The summed E-state index contributed by atoms with van der Waals surface area (Å²) in [4.78, 5) is 19.0. The molecule has 0 fully saturated rings. The summed E-state index contributed by atoms with van der Waals surface area (Å²) in [5.74, 6) is 0.400. The summed E-state index contributed by atoms with van der Waals surface area (Å²) in [5.41, 5.74) is 6.09. The summed E-state index contributed by atoms with van der Waals surface area (Å²) in [6, 6.07) is 10.0. The van der Waals surface area contributed by atoms with Crippen LogP contribution in [-0.2, 0) is 0 Å². The molecule has 4 aromatic rings. The number of nitrogens with two attached hydrogens (primary N) is 1. The number of rotatable bonds is 4. The number of benzene rings is 1. The lowest BCUT2D eigenvalue weighted by atomic mass is 10.3. The van der Waals surface area contributed by atoms with E-state index in [-0.39, 0.29) is 23.5 Å². The summed E-state index contributed by atoms with van der Waals surface area (Å²) in [6.45, 7) is 0. The summed E-state index contributed by atoms with van der Waals surface area (Å²) in [5, 5.41) is 5.80. The second-order valence-corrected chi connectivity index (χ2v) is 6.18. The summed E-state index contributed by atoms with van der Waals surface area (Å²) < 4.78 is 19.3. The molecule has 0 amide bonds. The highest BCUT2D eigenvalue weighted by molar-refractivity contribution is 7.13. The number of thiophene rings is 1. The Kier molecular flexibility index (Phi) is 4.01. The highest BCUT2D eigenvalue weighted by Gasteiger charge is 2.18. The normalized spacial score (nSPS) is 10.8. The fourth-order valence-electron chi connectivity index (χ4n) is 2.28. The minimum absolute atomic E-state index is 0.0318. The van der Waals surface area contributed by atoms with Crippen LogP contribution in [0.2, 0.25) is 0 Å². The number of para-hydroxylation sites is 1. The molecule has 10 heteroatoms. The Balaban J connectivity index is 1.72. The Bertz CT molecular complexity index is 1050. The van der Waals surface area contributed by atoms with Gasteiger partial charge in [0.05, 0.1) is 10.6 Å².